The van der Waals surface area contributed by atoms with Crippen molar-refractivity contribution in [2.45, 2.75) is 26.1 Å². The fraction of sp³-hybridized carbons (Fsp3) is 0.333. The fourth-order valence-corrected chi connectivity index (χ4v) is 0.478. The van der Waals surface area contributed by atoms with E-state index in [1.54, 1.807) is 0 Å². The quantitative estimate of drug-likeness (QED) is 0.457. The smallest absolute Gasteiger partial charge is 0.127 e. The van der Waals surface area contributed by atoms with E-state index >= 15 is 0 Å². The molecular weight excluding hydrogens is 367 g/mol. The van der Waals surface area contributed by atoms with Gasteiger partial charge in [0.15, 0.2) is 0 Å². The number of quaternary nitrogens is 1. The van der Waals surface area contributed by atoms with Gasteiger partial charge in [-0.2, -0.15) is 0 Å². The van der Waals surface area contributed by atoms with Crippen molar-refractivity contribution in [3.05, 3.63) is 30.3 Å². The van der Waals surface area contributed by atoms with Crippen LogP contribution in [0.2, 0.25) is 0 Å². The Hall–Kier alpha value is -1.04. The molecule has 0 saturated heterocycles. The van der Waals surface area contributed by atoms with Crippen LogP contribution in [0.25, 0.3) is 0 Å². The van der Waals surface area contributed by atoms with Crippen molar-refractivity contribution in [3.63, 3.8) is 0 Å². The molecule has 0 aliphatic rings. The number of carboxylic acids is 2. The molecule has 8 heteroatoms. The molecule has 0 spiro atoms. The van der Waals surface area contributed by atoms with Crippen LogP contribution in [0, 0.1) is 0 Å². The van der Waals surface area contributed by atoms with E-state index in [-0.39, 0.29) is 27.3 Å². The van der Waals surface area contributed by atoms with Gasteiger partial charge >= 0.3 is 0 Å². The third kappa shape index (κ3) is 19.3. The summed E-state index contributed by atoms with van der Waals surface area (Å²) in [6.45, 7) is 2.27. The number of hydrogen-bond acceptors (Lipinski definition) is 6. The summed E-state index contributed by atoms with van der Waals surface area (Å²) in [7, 11) is 0. The Morgan fingerprint density at radius 1 is 1.00 bits per heavy atom. The van der Waals surface area contributed by atoms with Gasteiger partial charge < -0.3 is 35.7 Å². The molecule has 5 N–H and O–H groups in total. The van der Waals surface area contributed by atoms with Gasteiger partial charge in [0.1, 0.15) is 5.69 Å². The number of aliphatic hydroxyl groups is 2. The largest absolute Gasteiger partial charge is 0.547 e. The maximum atomic E-state index is 9.34. The first-order valence-electron chi connectivity index (χ1n) is 5.33. The second-order valence-corrected chi connectivity index (χ2v) is 3.48. The Labute approximate surface area is 137 Å². The summed E-state index contributed by atoms with van der Waals surface area (Å²) in [6.07, 6.45) is -2.69. The molecule has 2 unspecified atom stereocenters. The topological polar surface area (TPSA) is 148 Å². The van der Waals surface area contributed by atoms with E-state index in [2.05, 4.69) is 5.73 Å². The van der Waals surface area contributed by atoms with Crippen LogP contribution in [-0.4, -0.2) is 34.4 Å². The third-order valence-corrected chi connectivity index (χ3v) is 1.53. The van der Waals surface area contributed by atoms with Gasteiger partial charge in [-0.15, -0.1) is 0 Å². The molecule has 2 atom stereocenters. The molecule has 1 aromatic carbocycles. The number of carbonyl (C=O) groups is 2. The Kier molecular flexibility index (Phi) is 17.3. The van der Waals surface area contributed by atoms with Gasteiger partial charge in [0, 0.05) is 27.3 Å². The summed E-state index contributed by atoms with van der Waals surface area (Å²) in [4.78, 5) is 18.7. The maximum absolute atomic E-state index is 9.34. The predicted octanol–water partition coefficient (Wildman–Crippen LogP) is -3.21. The van der Waals surface area contributed by atoms with E-state index in [4.69, 9.17) is 10.2 Å². The van der Waals surface area contributed by atoms with Crippen LogP contribution in [-0.2, 0) is 36.9 Å². The van der Waals surface area contributed by atoms with E-state index in [9.17, 15) is 19.8 Å². The van der Waals surface area contributed by atoms with Crippen molar-refractivity contribution in [2.75, 3.05) is 0 Å². The molecule has 0 aliphatic carbocycles. The Bertz CT molecular complexity index is 351. The minimum Gasteiger partial charge on any atom is -0.547 e. The second-order valence-electron chi connectivity index (χ2n) is 3.48. The zero-order valence-electron chi connectivity index (χ0n) is 11.5. The number of rotatable bonds is 2. The number of carbonyl (C=O) groups excluding carboxylic acids is 2. The number of aliphatic hydroxyl groups excluding tert-OH is 2. The van der Waals surface area contributed by atoms with Crippen LogP contribution in [0.3, 0.4) is 0 Å². The summed E-state index contributed by atoms with van der Waals surface area (Å²) in [5.41, 5.74) is 4.79. The first-order valence-corrected chi connectivity index (χ1v) is 5.33. The zero-order valence-corrected chi connectivity index (χ0v) is 15.5. The average molecular weight is 385 g/mol. The van der Waals surface area contributed by atoms with Crippen LogP contribution in [0.15, 0.2) is 30.3 Å². The normalized spacial score (nSPS) is 11.2. The van der Waals surface area contributed by atoms with Gasteiger partial charge in [-0.25, -0.2) is 0 Å². The molecule has 0 bridgehead atoms. The molecule has 0 aromatic heterocycles. The minimum atomic E-state index is -1.44. The molecule has 1 rings (SSSR count). The molecule has 0 saturated carbocycles. The number of carboxylic acid groups (broad SMARTS) is 2. The molecule has 0 fully saturated rings. The summed E-state index contributed by atoms with van der Waals surface area (Å²) in [5, 5.41) is 34.6. The van der Waals surface area contributed by atoms with Gasteiger partial charge in [0.2, 0.25) is 0 Å². The molecule has 110 valence electrons. The van der Waals surface area contributed by atoms with Crippen LogP contribution < -0.4 is 15.9 Å². The Morgan fingerprint density at radius 2 is 1.25 bits per heavy atom. The summed E-state index contributed by atoms with van der Waals surface area (Å²) in [6, 6.07) is 9.87. The molecule has 0 aliphatic heterocycles. The van der Waals surface area contributed by atoms with Crippen molar-refractivity contribution in [1.29, 1.82) is 0 Å². The summed E-state index contributed by atoms with van der Waals surface area (Å²) in [5.74, 6) is -2.87. The van der Waals surface area contributed by atoms with Crippen molar-refractivity contribution in [3.8, 4) is 0 Å². The first-order chi connectivity index (χ1) is 8.68. The molecule has 0 heterocycles. The van der Waals surface area contributed by atoms with Crippen LogP contribution >= 0.6 is 0 Å². The third-order valence-electron chi connectivity index (χ3n) is 1.53. The van der Waals surface area contributed by atoms with Gasteiger partial charge in [0.25, 0.3) is 0 Å². The van der Waals surface area contributed by atoms with Crippen LogP contribution in [0.1, 0.15) is 13.8 Å². The van der Waals surface area contributed by atoms with Crippen molar-refractivity contribution in [2.24, 2.45) is 0 Å². The summed E-state index contributed by atoms with van der Waals surface area (Å²) >= 11 is 0. The fourth-order valence-electron chi connectivity index (χ4n) is 0.478. The zero-order chi connectivity index (χ0) is 15.4. The van der Waals surface area contributed by atoms with E-state index < -0.39 is 24.1 Å². The van der Waals surface area contributed by atoms with Crippen molar-refractivity contribution >= 4 is 17.6 Å². The summed E-state index contributed by atoms with van der Waals surface area (Å²) < 4.78 is 0. The van der Waals surface area contributed by atoms with Gasteiger partial charge in [-0.05, 0) is 26.0 Å². The SMILES string of the molecule is CC(O)C(=O)[O-].CC(O)C(=O)[O-].[Cd].[NH3+]c1ccccc1. The maximum Gasteiger partial charge on any atom is 0.127 e. The van der Waals surface area contributed by atoms with Gasteiger partial charge in [-0.1, -0.05) is 18.2 Å². The average Bonchev–Trinajstić information content (AvgIpc) is 2.31. The van der Waals surface area contributed by atoms with E-state index in [0.717, 1.165) is 19.5 Å². The molecule has 7 nitrogen and oxygen atoms in total. The van der Waals surface area contributed by atoms with Gasteiger partial charge in [-0.3, -0.25) is 0 Å². The predicted molar refractivity (Wildman–Crippen MR) is 62.4 cm³/mol. The second kappa shape index (κ2) is 14.4. The molecule has 1 aromatic rings. The molecule has 0 radical (unpaired) electrons. The number of benzene rings is 1. The Balaban J connectivity index is -0.000000213. The minimum absolute atomic E-state index is 0. The van der Waals surface area contributed by atoms with E-state index in [1.165, 1.54) is 0 Å². The molecule has 20 heavy (non-hydrogen) atoms. The van der Waals surface area contributed by atoms with Crippen molar-refractivity contribution in [1.82, 2.24) is 0 Å². The van der Waals surface area contributed by atoms with Crippen LogP contribution in [0.4, 0.5) is 5.69 Å². The number of aliphatic carboxylic acids is 2. The monoisotopic (exact) mass is 386 g/mol. The van der Waals surface area contributed by atoms with Crippen LogP contribution in [0.5, 0.6) is 0 Å². The van der Waals surface area contributed by atoms with E-state index in [0.29, 0.717) is 0 Å². The first kappa shape index (κ1) is 24.0. The van der Waals surface area contributed by atoms with Crippen molar-refractivity contribution < 1.29 is 63.0 Å². The standard InChI is InChI=1S/C6H7N.2C3H6O3.Cd/c7-6-4-2-1-3-5-6;2*1-2(4)3(5)6;/h1-5H,7H2;2*2,4H,1H3,(H,5,6);/p-1. The Morgan fingerprint density at radius 3 is 1.35 bits per heavy atom. The van der Waals surface area contributed by atoms with E-state index in [1.807, 2.05) is 30.3 Å². The van der Waals surface area contributed by atoms with Gasteiger partial charge in [0.05, 0.1) is 24.1 Å². The molecular formula is C12H18CdNO6-. The number of hydrogen-bond donors (Lipinski definition) is 3. The molecule has 0 amide bonds.